The number of amides is 1. The summed E-state index contributed by atoms with van der Waals surface area (Å²) in [5, 5.41) is 7.60. The van der Waals surface area contributed by atoms with Crippen LogP contribution in [0.1, 0.15) is 36.2 Å². The molecule has 7 heteroatoms. The molecular formula is C20H25FN4O2. The highest BCUT2D eigenvalue weighted by atomic mass is 19.1. The summed E-state index contributed by atoms with van der Waals surface area (Å²) in [6.45, 7) is 3.58. The zero-order valence-electron chi connectivity index (χ0n) is 15.6. The lowest BCUT2D eigenvalue weighted by molar-refractivity contribution is -0.127. The van der Waals surface area contributed by atoms with Crippen molar-refractivity contribution in [1.82, 2.24) is 20.0 Å². The molecule has 27 heavy (non-hydrogen) atoms. The average Bonchev–Trinajstić information content (AvgIpc) is 3.01. The van der Waals surface area contributed by atoms with E-state index in [1.165, 1.54) is 13.2 Å². The Morgan fingerprint density at radius 1 is 1.33 bits per heavy atom. The molecule has 1 amide bonds. The number of rotatable bonds is 6. The number of benzene rings is 1. The van der Waals surface area contributed by atoms with E-state index in [-0.39, 0.29) is 23.4 Å². The van der Waals surface area contributed by atoms with Crippen molar-refractivity contribution in [2.75, 3.05) is 13.7 Å². The van der Waals surface area contributed by atoms with Crippen molar-refractivity contribution >= 4 is 5.91 Å². The Morgan fingerprint density at radius 3 is 2.89 bits per heavy atom. The van der Waals surface area contributed by atoms with Crippen LogP contribution >= 0.6 is 0 Å². The summed E-state index contributed by atoms with van der Waals surface area (Å²) in [6.07, 6.45) is 3.17. The molecule has 2 heterocycles. The van der Waals surface area contributed by atoms with E-state index < -0.39 is 0 Å². The van der Waals surface area contributed by atoms with Crippen LogP contribution in [0.15, 0.2) is 24.3 Å². The van der Waals surface area contributed by atoms with Gasteiger partial charge in [-0.15, -0.1) is 0 Å². The third-order valence-corrected chi connectivity index (χ3v) is 5.47. The van der Waals surface area contributed by atoms with Crippen LogP contribution in [0, 0.1) is 11.7 Å². The lowest BCUT2D eigenvalue weighted by Gasteiger charge is -2.27. The van der Waals surface area contributed by atoms with E-state index in [0.717, 1.165) is 55.8 Å². The van der Waals surface area contributed by atoms with E-state index >= 15 is 0 Å². The first kappa shape index (κ1) is 18.0. The van der Waals surface area contributed by atoms with Gasteiger partial charge in [0, 0.05) is 25.6 Å². The molecule has 2 aromatic rings. The van der Waals surface area contributed by atoms with E-state index in [1.54, 1.807) is 6.07 Å². The number of hydrogen-bond acceptors (Lipinski definition) is 4. The zero-order chi connectivity index (χ0) is 18.8. The molecule has 1 fully saturated rings. The lowest BCUT2D eigenvalue weighted by Crippen LogP contribution is -2.34. The van der Waals surface area contributed by atoms with Crippen molar-refractivity contribution < 1.29 is 13.9 Å². The summed E-state index contributed by atoms with van der Waals surface area (Å²) in [5.74, 6) is 0.281. The summed E-state index contributed by atoms with van der Waals surface area (Å²) < 4.78 is 20.9. The monoisotopic (exact) mass is 372 g/mol. The van der Waals surface area contributed by atoms with Crippen molar-refractivity contribution in [2.24, 2.45) is 5.92 Å². The normalized spacial score (nSPS) is 17.3. The molecule has 1 aliphatic carbocycles. The number of methoxy groups -OCH3 is 1. The fraction of sp³-hybridized carbons (Fsp3) is 0.500. The van der Waals surface area contributed by atoms with Crippen molar-refractivity contribution in [1.29, 1.82) is 0 Å². The van der Waals surface area contributed by atoms with Crippen molar-refractivity contribution in [3.8, 4) is 5.75 Å². The smallest absolute Gasteiger partial charge is 0.223 e. The third kappa shape index (κ3) is 3.98. The lowest BCUT2D eigenvalue weighted by atomic mass is 9.85. The maximum absolute atomic E-state index is 13.9. The molecule has 0 atom stereocenters. The number of aromatic nitrogens is 2. The quantitative estimate of drug-likeness (QED) is 0.846. The largest absolute Gasteiger partial charge is 0.494 e. The number of hydrogen-bond donors (Lipinski definition) is 1. The van der Waals surface area contributed by atoms with Gasteiger partial charge < -0.3 is 10.1 Å². The topological polar surface area (TPSA) is 59.4 Å². The van der Waals surface area contributed by atoms with Gasteiger partial charge in [-0.2, -0.15) is 5.10 Å². The predicted molar refractivity (Wildman–Crippen MR) is 98.5 cm³/mol. The molecule has 144 valence electrons. The minimum Gasteiger partial charge on any atom is -0.494 e. The first-order valence-electron chi connectivity index (χ1n) is 9.50. The van der Waals surface area contributed by atoms with Crippen LogP contribution in [-0.4, -0.2) is 34.2 Å². The van der Waals surface area contributed by atoms with Crippen molar-refractivity contribution in [3.63, 3.8) is 0 Å². The highest BCUT2D eigenvalue weighted by molar-refractivity contribution is 5.79. The molecule has 0 saturated heterocycles. The Labute approximate surface area is 158 Å². The Balaban J connectivity index is 1.34. The number of nitrogens with zero attached hydrogens (tertiary/aromatic N) is 3. The van der Waals surface area contributed by atoms with Gasteiger partial charge >= 0.3 is 0 Å². The maximum atomic E-state index is 13.9. The van der Waals surface area contributed by atoms with Gasteiger partial charge in [-0.3, -0.25) is 14.4 Å². The van der Waals surface area contributed by atoms with Gasteiger partial charge in [0.2, 0.25) is 5.91 Å². The van der Waals surface area contributed by atoms with Gasteiger partial charge in [-0.05, 0) is 36.6 Å². The maximum Gasteiger partial charge on any atom is 0.223 e. The molecule has 0 radical (unpaired) electrons. The number of nitrogens with one attached hydrogen (secondary N) is 1. The first-order valence-corrected chi connectivity index (χ1v) is 9.50. The SMILES string of the molecule is COc1ccc(CN2CCn3nc(CNC(=O)C4CCC4)cc3C2)cc1F. The molecule has 1 N–H and O–H groups in total. The molecule has 0 spiro atoms. The minimum absolute atomic E-state index is 0.149. The Kier molecular flexibility index (Phi) is 5.11. The van der Waals surface area contributed by atoms with Crippen LogP contribution in [0.3, 0.4) is 0 Å². The highest BCUT2D eigenvalue weighted by Gasteiger charge is 2.25. The van der Waals surface area contributed by atoms with Gasteiger partial charge in [-0.1, -0.05) is 12.5 Å². The minimum atomic E-state index is -0.332. The summed E-state index contributed by atoms with van der Waals surface area (Å²) in [4.78, 5) is 14.2. The molecule has 1 aromatic carbocycles. The standard InChI is InChI=1S/C20H25FN4O2/c1-27-19-6-5-14(9-18(19)21)12-24-7-8-25-17(13-24)10-16(23-25)11-22-20(26)15-3-2-4-15/h5-6,9-10,15H,2-4,7-8,11-13H2,1H3,(H,22,26). The summed E-state index contributed by atoms with van der Waals surface area (Å²) in [7, 11) is 1.47. The molecule has 2 aliphatic rings. The van der Waals surface area contributed by atoms with Gasteiger partial charge in [0.1, 0.15) is 0 Å². The summed E-state index contributed by atoms with van der Waals surface area (Å²) >= 11 is 0. The zero-order valence-corrected chi connectivity index (χ0v) is 15.6. The number of fused-ring (bicyclic) bond motifs is 1. The van der Waals surface area contributed by atoms with E-state index in [1.807, 2.05) is 10.7 Å². The van der Waals surface area contributed by atoms with Gasteiger partial charge in [0.25, 0.3) is 0 Å². The second kappa shape index (κ2) is 7.68. The van der Waals surface area contributed by atoms with E-state index in [4.69, 9.17) is 4.74 Å². The highest BCUT2D eigenvalue weighted by Crippen LogP contribution is 2.26. The van der Waals surface area contributed by atoms with Crippen molar-refractivity contribution in [3.05, 3.63) is 47.0 Å². The molecule has 4 rings (SSSR count). The van der Waals surface area contributed by atoms with Gasteiger partial charge in [-0.25, -0.2) is 4.39 Å². The van der Waals surface area contributed by atoms with Gasteiger partial charge in [0.05, 0.1) is 31.6 Å². The fourth-order valence-electron chi connectivity index (χ4n) is 3.66. The fourth-order valence-corrected chi connectivity index (χ4v) is 3.66. The van der Waals surface area contributed by atoms with Crippen LogP contribution < -0.4 is 10.1 Å². The van der Waals surface area contributed by atoms with Crippen LogP contribution in [-0.2, 0) is 31.0 Å². The Morgan fingerprint density at radius 2 is 2.19 bits per heavy atom. The van der Waals surface area contributed by atoms with Gasteiger partial charge in [0.15, 0.2) is 11.6 Å². The molecule has 1 saturated carbocycles. The Bertz CT molecular complexity index is 831. The first-order chi connectivity index (χ1) is 13.1. The van der Waals surface area contributed by atoms with Crippen molar-refractivity contribution in [2.45, 2.75) is 45.4 Å². The average molecular weight is 372 g/mol. The molecular weight excluding hydrogens is 347 g/mol. The Hall–Kier alpha value is -2.41. The predicted octanol–water partition coefficient (Wildman–Crippen LogP) is 2.46. The second-order valence-corrected chi connectivity index (χ2v) is 7.38. The number of carbonyl (C=O) groups is 1. The molecule has 1 aliphatic heterocycles. The van der Waals surface area contributed by atoms with E-state index in [9.17, 15) is 9.18 Å². The molecule has 6 nitrogen and oxygen atoms in total. The van der Waals surface area contributed by atoms with Crippen LogP contribution in [0.5, 0.6) is 5.75 Å². The van der Waals surface area contributed by atoms with E-state index in [2.05, 4.69) is 21.4 Å². The number of halogens is 1. The third-order valence-electron chi connectivity index (χ3n) is 5.47. The molecule has 1 aromatic heterocycles. The number of ether oxygens (including phenoxy) is 1. The molecule has 0 bridgehead atoms. The number of carbonyl (C=O) groups excluding carboxylic acids is 1. The van der Waals surface area contributed by atoms with E-state index in [0.29, 0.717) is 13.1 Å². The van der Waals surface area contributed by atoms with Crippen LogP contribution in [0.2, 0.25) is 0 Å². The molecule has 0 unspecified atom stereocenters. The summed E-state index contributed by atoms with van der Waals surface area (Å²) in [5.41, 5.74) is 2.95. The van der Waals surface area contributed by atoms with Crippen LogP contribution in [0.25, 0.3) is 0 Å². The summed E-state index contributed by atoms with van der Waals surface area (Å²) in [6, 6.07) is 7.16. The van der Waals surface area contributed by atoms with Crippen LogP contribution in [0.4, 0.5) is 4.39 Å². The second-order valence-electron chi connectivity index (χ2n) is 7.38.